The van der Waals surface area contributed by atoms with Gasteiger partial charge >= 0.3 is 0 Å². The van der Waals surface area contributed by atoms with Gasteiger partial charge < -0.3 is 11.1 Å². The Kier molecular flexibility index (Phi) is 4.08. The molecule has 4 aromatic rings. The van der Waals surface area contributed by atoms with Crippen molar-refractivity contribution in [3.8, 4) is 0 Å². The highest BCUT2D eigenvalue weighted by molar-refractivity contribution is 7.92. The number of benzene rings is 3. The van der Waals surface area contributed by atoms with Crippen LogP contribution in [0.4, 0.5) is 22.7 Å². The van der Waals surface area contributed by atoms with Crippen molar-refractivity contribution >= 4 is 54.6 Å². The third-order valence-electron chi connectivity index (χ3n) is 4.16. The van der Waals surface area contributed by atoms with Crippen LogP contribution >= 0.6 is 0 Å². The van der Waals surface area contributed by atoms with Crippen LogP contribution in [0.1, 0.15) is 0 Å². The largest absolute Gasteiger partial charge is 0.399 e. The number of pyridine rings is 1. The van der Waals surface area contributed by atoms with E-state index >= 15 is 0 Å². The molecule has 6 nitrogen and oxygen atoms in total. The number of aromatic nitrogens is 1. The van der Waals surface area contributed by atoms with Crippen LogP contribution in [0.25, 0.3) is 21.8 Å². The van der Waals surface area contributed by atoms with Crippen molar-refractivity contribution in [2.75, 3.05) is 22.0 Å². The first kappa shape index (κ1) is 17.1. The Morgan fingerprint density at radius 2 is 1.52 bits per heavy atom. The van der Waals surface area contributed by atoms with E-state index in [2.05, 4.69) is 10.0 Å². The number of hydrogen-bond donors (Lipinski definition) is 3. The molecule has 0 atom stereocenters. The summed E-state index contributed by atoms with van der Waals surface area (Å²) in [5.74, 6) is 0. The summed E-state index contributed by atoms with van der Waals surface area (Å²) in [6.45, 7) is 0. The number of nitrogens with one attached hydrogen (secondary N) is 2. The van der Waals surface area contributed by atoms with Crippen molar-refractivity contribution in [1.82, 2.24) is 4.98 Å². The summed E-state index contributed by atoms with van der Waals surface area (Å²) in [6.07, 6.45) is 1.13. The minimum absolute atomic E-state index is 0.514. The van der Waals surface area contributed by atoms with Crippen LogP contribution in [0, 0.1) is 0 Å². The molecule has 0 unspecified atom stereocenters. The summed E-state index contributed by atoms with van der Waals surface area (Å²) in [7, 11) is -3.30. The van der Waals surface area contributed by atoms with Gasteiger partial charge in [0.25, 0.3) is 0 Å². The lowest BCUT2D eigenvalue weighted by Crippen LogP contribution is -2.09. The van der Waals surface area contributed by atoms with Crippen molar-refractivity contribution in [3.05, 3.63) is 66.7 Å². The summed E-state index contributed by atoms with van der Waals surface area (Å²) in [6, 6.07) is 20.6. The van der Waals surface area contributed by atoms with Gasteiger partial charge in [-0.1, -0.05) is 18.2 Å². The fourth-order valence-corrected chi connectivity index (χ4v) is 3.59. The van der Waals surface area contributed by atoms with Crippen molar-refractivity contribution in [2.24, 2.45) is 0 Å². The van der Waals surface area contributed by atoms with Crippen LogP contribution in [0.3, 0.4) is 0 Å². The van der Waals surface area contributed by atoms with Crippen molar-refractivity contribution in [2.45, 2.75) is 0 Å². The molecule has 7 heteroatoms. The predicted octanol–water partition coefficient (Wildman–Crippen LogP) is 4.09. The molecule has 0 aliphatic rings. The van der Waals surface area contributed by atoms with Crippen molar-refractivity contribution in [1.29, 1.82) is 0 Å². The van der Waals surface area contributed by atoms with E-state index in [1.807, 2.05) is 54.6 Å². The maximum absolute atomic E-state index is 11.4. The Labute approximate surface area is 157 Å². The minimum Gasteiger partial charge on any atom is -0.399 e. The Bertz CT molecular complexity index is 1250. The molecule has 0 fully saturated rings. The van der Waals surface area contributed by atoms with Gasteiger partial charge in [-0.15, -0.1) is 0 Å². The summed E-state index contributed by atoms with van der Waals surface area (Å²) in [4.78, 5) is 4.70. The van der Waals surface area contributed by atoms with Gasteiger partial charge in [-0.25, -0.2) is 13.4 Å². The summed E-state index contributed by atoms with van der Waals surface area (Å²) in [5, 5.41) is 5.39. The zero-order valence-electron chi connectivity index (χ0n) is 14.6. The summed E-state index contributed by atoms with van der Waals surface area (Å²) >= 11 is 0. The van der Waals surface area contributed by atoms with Gasteiger partial charge in [-0.2, -0.15) is 0 Å². The molecule has 4 rings (SSSR count). The van der Waals surface area contributed by atoms with Crippen LogP contribution in [-0.4, -0.2) is 19.7 Å². The third-order valence-corrected chi connectivity index (χ3v) is 4.77. The van der Waals surface area contributed by atoms with E-state index in [1.54, 1.807) is 12.1 Å². The summed E-state index contributed by atoms with van der Waals surface area (Å²) < 4.78 is 25.2. The van der Waals surface area contributed by atoms with Crippen LogP contribution in [0.5, 0.6) is 0 Å². The molecule has 4 N–H and O–H groups in total. The fraction of sp³-hybridized carbons (Fsp3) is 0.0500. The number of sulfonamides is 1. The lowest BCUT2D eigenvalue weighted by atomic mass is 10.1. The normalized spacial score (nSPS) is 11.6. The summed E-state index contributed by atoms with van der Waals surface area (Å²) in [5.41, 5.74) is 10.5. The molecule has 136 valence electrons. The maximum atomic E-state index is 11.4. The second-order valence-corrected chi connectivity index (χ2v) is 8.11. The Hall–Kier alpha value is -3.32. The van der Waals surface area contributed by atoms with E-state index in [9.17, 15) is 8.42 Å². The minimum atomic E-state index is -3.30. The Balaban J connectivity index is 1.80. The molecule has 0 aliphatic heterocycles. The lowest BCUT2D eigenvalue weighted by Gasteiger charge is -2.14. The number of nitrogens with zero attached hydrogens (tertiary/aromatic N) is 1. The van der Waals surface area contributed by atoms with E-state index in [1.165, 1.54) is 0 Å². The molecule has 27 heavy (non-hydrogen) atoms. The quantitative estimate of drug-likeness (QED) is 0.367. The van der Waals surface area contributed by atoms with Gasteiger partial charge in [0.15, 0.2) is 0 Å². The molecule has 1 aromatic heterocycles. The van der Waals surface area contributed by atoms with Crippen LogP contribution in [0.2, 0.25) is 0 Å². The number of hydrogen-bond acceptors (Lipinski definition) is 5. The smallest absolute Gasteiger partial charge is 0.229 e. The maximum Gasteiger partial charge on any atom is 0.229 e. The van der Waals surface area contributed by atoms with Crippen LogP contribution < -0.4 is 15.8 Å². The zero-order chi connectivity index (χ0) is 19.0. The number of nitrogens with two attached hydrogens (primary N) is 1. The molecule has 0 spiro atoms. The number of para-hydroxylation sites is 1. The highest BCUT2D eigenvalue weighted by atomic mass is 32.2. The van der Waals surface area contributed by atoms with Crippen LogP contribution in [-0.2, 0) is 10.0 Å². The number of rotatable bonds is 4. The average molecular weight is 378 g/mol. The van der Waals surface area contributed by atoms with Gasteiger partial charge in [-0.3, -0.25) is 4.72 Å². The molecule has 0 saturated carbocycles. The monoisotopic (exact) mass is 378 g/mol. The van der Waals surface area contributed by atoms with E-state index in [0.717, 1.165) is 39.4 Å². The number of anilines is 4. The van der Waals surface area contributed by atoms with Crippen molar-refractivity contribution < 1.29 is 8.42 Å². The average Bonchev–Trinajstić information content (AvgIpc) is 2.61. The van der Waals surface area contributed by atoms with E-state index in [-0.39, 0.29) is 0 Å². The molecular weight excluding hydrogens is 360 g/mol. The van der Waals surface area contributed by atoms with E-state index in [0.29, 0.717) is 11.4 Å². The highest BCUT2D eigenvalue weighted by Crippen LogP contribution is 2.34. The second-order valence-electron chi connectivity index (χ2n) is 6.36. The van der Waals surface area contributed by atoms with Gasteiger partial charge in [-0.05, 0) is 48.5 Å². The zero-order valence-corrected chi connectivity index (χ0v) is 15.4. The Morgan fingerprint density at radius 3 is 2.26 bits per heavy atom. The standard InChI is InChI=1S/C20H18N4O2S/c1-27(25,26)24-15-9-7-14(8-10-15)22-20-16-4-2-3-5-18(16)23-19-12-13(21)6-11-17(19)20/h2-12,24H,21H2,1H3,(H,22,23). The van der Waals surface area contributed by atoms with Gasteiger partial charge in [0.05, 0.1) is 23.0 Å². The van der Waals surface area contributed by atoms with E-state index < -0.39 is 10.0 Å². The van der Waals surface area contributed by atoms with Crippen molar-refractivity contribution in [3.63, 3.8) is 0 Å². The molecule has 0 saturated heterocycles. The van der Waals surface area contributed by atoms with Gasteiger partial charge in [0, 0.05) is 27.8 Å². The van der Waals surface area contributed by atoms with Gasteiger partial charge in [0.2, 0.25) is 10.0 Å². The fourth-order valence-electron chi connectivity index (χ4n) is 3.02. The predicted molar refractivity (Wildman–Crippen MR) is 112 cm³/mol. The first-order valence-corrected chi connectivity index (χ1v) is 10.2. The molecule has 1 heterocycles. The molecule has 3 aromatic carbocycles. The molecule has 0 aliphatic carbocycles. The second kappa shape index (κ2) is 6.44. The third kappa shape index (κ3) is 3.63. The SMILES string of the molecule is CS(=O)(=O)Nc1ccc(Nc2c3ccccc3nc3cc(N)ccc23)cc1. The molecule has 0 amide bonds. The molecule has 0 radical (unpaired) electrons. The highest BCUT2D eigenvalue weighted by Gasteiger charge is 2.10. The van der Waals surface area contributed by atoms with E-state index in [4.69, 9.17) is 10.7 Å². The number of nitrogen functional groups attached to an aromatic ring is 1. The lowest BCUT2D eigenvalue weighted by molar-refractivity contribution is 0.607. The first-order chi connectivity index (χ1) is 12.9. The first-order valence-electron chi connectivity index (χ1n) is 8.32. The van der Waals surface area contributed by atoms with Crippen LogP contribution in [0.15, 0.2) is 66.7 Å². The Morgan fingerprint density at radius 1 is 0.852 bits per heavy atom. The molecular formula is C20H18N4O2S. The molecule has 0 bridgehead atoms. The van der Waals surface area contributed by atoms with Gasteiger partial charge in [0.1, 0.15) is 0 Å². The topological polar surface area (TPSA) is 97.1 Å². The number of fused-ring (bicyclic) bond motifs is 2.